The molecule has 0 saturated heterocycles. The predicted molar refractivity (Wildman–Crippen MR) is 41.4 cm³/mol. The van der Waals surface area contributed by atoms with Crippen LogP contribution in [0.4, 0.5) is 0 Å². The highest BCUT2D eigenvalue weighted by Gasteiger charge is 1.97. The molecule has 0 spiro atoms. The van der Waals surface area contributed by atoms with E-state index in [2.05, 4.69) is 6.07 Å². The fourth-order valence-corrected chi connectivity index (χ4v) is 0.738. The summed E-state index contributed by atoms with van der Waals surface area (Å²) in [6, 6.07) is 9.93. The Morgan fingerprint density at radius 3 is 2.70 bits per heavy atom. The second-order valence-electron chi connectivity index (χ2n) is 1.61. The summed E-state index contributed by atoms with van der Waals surface area (Å²) in [7, 11) is 0. The molecule has 0 heterocycles. The summed E-state index contributed by atoms with van der Waals surface area (Å²) in [5.74, 6) is 0.553. The molecule has 1 nitrogen and oxygen atoms in total. The molecule has 10 heavy (non-hydrogen) atoms. The normalized spacial score (nSPS) is 9.90. The van der Waals surface area contributed by atoms with Crippen molar-refractivity contribution in [1.82, 2.24) is 0 Å². The van der Waals surface area contributed by atoms with E-state index in [0.717, 1.165) is 0 Å². The third kappa shape index (κ3) is 2.46. The van der Waals surface area contributed by atoms with Crippen LogP contribution in [0.15, 0.2) is 24.3 Å². The van der Waals surface area contributed by atoms with Crippen molar-refractivity contribution in [3.8, 4) is 5.75 Å². The fraction of sp³-hybridized carbons (Fsp3) is 0.143. The summed E-state index contributed by atoms with van der Waals surface area (Å²) in [6.07, 6.45) is 0. The molecule has 0 amide bonds. The zero-order valence-corrected chi connectivity index (χ0v) is 6.56. The smallest absolute Gasteiger partial charge is 0.247 e. The lowest BCUT2D eigenvalue weighted by Gasteiger charge is -2.03. The monoisotopic (exact) mass is 175 g/mol. The van der Waals surface area contributed by atoms with Crippen LogP contribution in [0.3, 0.4) is 0 Å². The van der Waals surface area contributed by atoms with Gasteiger partial charge in [0.15, 0.2) is 0 Å². The van der Waals surface area contributed by atoms with E-state index in [9.17, 15) is 0 Å². The lowest BCUT2D eigenvalue weighted by Crippen LogP contribution is -1.98. The van der Waals surface area contributed by atoms with Gasteiger partial charge in [-0.1, -0.05) is 41.4 Å². The highest BCUT2D eigenvalue weighted by molar-refractivity contribution is 6.43. The third-order valence-electron chi connectivity index (χ3n) is 0.897. The van der Waals surface area contributed by atoms with Crippen molar-refractivity contribution in [3.63, 3.8) is 0 Å². The van der Waals surface area contributed by atoms with Gasteiger partial charge in [0.05, 0.1) is 0 Å². The molecule has 1 rings (SSSR count). The SMILES string of the molecule is ClC(Cl)Oc1[c]cccc1. The third-order valence-corrected chi connectivity index (χ3v) is 1.07. The average molecular weight is 176 g/mol. The van der Waals surface area contributed by atoms with Gasteiger partial charge in [-0.25, -0.2) is 0 Å². The molecule has 0 aliphatic rings. The molecule has 0 bridgehead atoms. The highest BCUT2D eigenvalue weighted by atomic mass is 35.5. The maximum atomic E-state index is 5.34. The molecule has 3 heteroatoms. The van der Waals surface area contributed by atoms with Crippen LogP contribution in [0.5, 0.6) is 5.75 Å². The average Bonchev–Trinajstić information content (AvgIpc) is 1.88. The molecule has 0 aliphatic heterocycles. The van der Waals surface area contributed by atoms with Crippen molar-refractivity contribution in [2.45, 2.75) is 5.02 Å². The molecule has 0 aliphatic carbocycles. The summed E-state index contributed by atoms with van der Waals surface area (Å²) in [6.45, 7) is 0. The van der Waals surface area contributed by atoms with E-state index >= 15 is 0 Å². The number of halogens is 2. The molecule has 0 fully saturated rings. The first-order chi connectivity index (χ1) is 4.79. The molecule has 0 aromatic heterocycles. The molecular formula is C7H5Cl2O. The van der Waals surface area contributed by atoms with Crippen LogP contribution in [0.1, 0.15) is 0 Å². The van der Waals surface area contributed by atoms with Crippen LogP contribution in [0.2, 0.25) is 0 Å². The number of benzene rings is 1. The van der Waals surface area contributed by atoms with Crippen LogP contribution in [0.25, 0.3) is 0 Å². The van der Waals surface area contributed by atoms with Crippen LogP contribution in [-0.2, 0) is 0 Å². The van der Waals surface area contributed by atoms with E-state index in [1.54, 1.807) is 12.1 Å². The molecule has 0 N–H and O–H groups in total. The predicted octanol–water partition coefficient (Wildman–Crippen LogP) is 2.63. The number of alkyl halides is 2. The minimum Gasteiger partial charge on any atom is -0.460 e. The number of para-hydroxylation sites is 1. The van der Waals surface area contributed by atoms with Crippen LogP contribution < -0.4 is 4.74 Å². The van der Waals surface area contributed by atoms with Gasteiger partial charge in [0.1, 0.15) is 5.75 Å². The maximum Gasteiger partial charge on any atom is 0.247 e. The van der Waals surface area contributed by atoms with Crippen LogP contribution in [0, 0.1) is 6.07 Å². The number of hydrogen-bond donors (Lipinski definition) is 0. The van der Waals surface area contributed by atoms with Gasteiger partial charge in [-0.15, -0.1) is 0 Å². The molecule has 0 saturated carbocycles. The van der Waals surface area contributed by atoms with E-state index < -0.39 is 5.02 Å². The minimum atomic E-state index is -0.821. The Hall–Kier alpha value is -0.400. The fourth-order valence-electron chi connectivity index (χ4n) is 0.546. The number of rotatable bonds is 2. The first-order valence-corrected chi connectivity index (χ1v) is 3.58. The van der Waals surface area contributed by atoms with Gasteiger partial charge in [-0.2, -0.15) is 0 Å². The Bertz CT molecular complexity index is 186. The summed E-state index contributed by atoms with van der Waals surface area (Å²) in [5.41, 5.74) is 0. The summed E-state index contributed by atoms with van der Waals surface area (Å²) in [5, 5.41) is -0.821. The molecule has 0 unspecified atom stereocenters. The van der Waals surface area contributed by atoms with Crippen molar-refractivity contribution in [2.24, 2.45) is 0 Å². The largest absolute Gasteiger partial charge is 0.460 e. The van der Waals surface area contributed by atoms with E-state index in [1.165, 1.54) is 0 Å². The van der Waals surface area contributed by atoms with Crippen LogP contribution in [-0.4, -0.2) is 5.02 Å². The van der Waals surface area contributed by atoms with Gasteiger partial charge in [-0.3, -0.25) is 0 Å². The van der Waals surface area contributed by atoms with E-state index in [-0.39, 0.29) is 0 Å². The van der Waals surface area contributed by atoms with E-state index in [1.807, 2.05) is 12.1 Å². The highest BCUT2D eigenvalue weighted by Crippen LogP contribution is 2.13. The van der Waals surface area contributed by atoms with Crippen molar-refractivity contribution >= 4 is 23.2 Å². The topological polar surface area (TPSA) is 9.23 Å². The van der Waals surface area contributed by atoms with Gasteiger partial charge < -0.3 is 4.74 Å². The van der Waals surface area contributed by atoms with Crippen molar-refractivity contribution in [2.75, 3.05) is 0 Å². The molecule has 0 atom stereocenters. The van der Waals surface area contributed by atoms with Gasteiger partial charge in [-0.05, 0) is 6.07 Å². The van der Waals surface area contributed by atoms with Gasteiger partial charge in [0.25, 0.3) is 0 Å². The Morgan fingerprint density at radius 2 is 2.20 bits per heavy atom. The lowest BCUT2D eigenvalue weighted by atomic mass is 10.3. The standard InChI is InChI=1S/C7H5Cl2O/c8-7(9)10-6-4-2-1-3-5-6/h1-4,7H. The minimum absolute atomic E-state index is 0.553. The quantitative estimate of drug-likeness (QED) is 0.629. The number of hydrogen-bond acceptors (Lipinski definition) is 1. The molecule has 1 aromatic rings. The second-order valence-corrected chi connectivity index (χ2v) is 2.62. The Balaban J connectivity index is 2.59. The van der Waals surface area contributed by atoms with Gasteiger partial charge in [0.2, 0.25) is 5.02 Å². The zero-order valence-electron chi connectivity index (χ0n) is 5.05. The summed E-state index contributed by atoms with van der Waals surface area (Å²) in [4.78, 5) is 0. The Kier molecular flexibility index (Phi) is 2.84. The maximum absolute atomic E-state index is 5.34. The van der Waals surface area contributed by atoms with E-state index in [0.29, 0.717) is 5.75 Å². The van der Waals surface area contributed by atoms with Crippen LogP contribution >= 0.6 is 23.2 Å². The molecular weight excluding hydrogens is 171 g/mol. The molecule has 1 aromatic carbocycles. The second kappa shape index (κ2) is 3.69. The van der Waals surface area contributed by atoms with Crippen molar-refractivity contribution in [3.05, 3.63) is 30.3 Å². The molecule has 53 valence electrons. The van der Waals surface area contributed by atoms with Gasteiger partial charge in [0, 0.05) is 6.07 Å². The Morgan fingerprint density at radius 1 is 1.40 bits per heavy atom. The first-order valence-electron chi connectivity index (χ1n) is 2.70. The summed E-state index contributed by atoms with van der Waals surface area (Å²) < 4.78 is 4.89. The summed E-state index contributed by atoms with van der Waals surface area (Å²) >= 11 is 10.7. The van der Waals surface area contributed by atoms with Gasteiger partial charge >= 0.3 is 0 Å². The zero-order chi connectivity index (χ0) is 7.40. The first kappa shape index (κ1) is 7.70. The number of ether oxygens (including phenoxy) is 1. The Labute approximate surface area is 69.5 Å². The molecule has 1 radical (unpaired) electrons. The van der Waals surface area contributed by atoms with Crippen molar-refractivity contribution < 1.29 is 4.74 Å². The van der Waals surface area contributed by atoms with E-state index in [4.69, 9.17) is 27.9 Å². The lowest BCUT2D eigenvalue weighted by molar-refractivity contribution is 0.353. The van der Waals surface area contributed by atoms with Crippen molar-refractivity contribution in [1.29, 1.82) is 0 Å².